The number of carbonyl (C=O) groups is 3. The van der Waals surface area contributed by atoms with Gasteiger partial charge in [0.25, 0.3) is 11.8 Å². The minimum Gasteiger partial charge on any atom is -0.303 e. The summed E-state index contributed by atoms with van der Waals surface area (Å²) in [5.41, 5.74) is -0.153. The SMILES string of the molecule is O=CCC(N1C(=O)c2ccccc2C1=O)C(F)(F)F. The van der Waals surface area contributed by atoms with E-state index in [-0.39, 0.29) is 22.3 Å². The largest absolute Gasteiger partial charge is 0.409 e. The number of carbonyl (C=O) groups excluding carboxylic acids is 3. The monoisotopic (exact) mass is 271 g/mol. The highest BCUT2D eigenvalue weighted by atomic mass is 19.4. The Hall–Kier alpha value is -2.18. The maximum Gasteiger partial charge on any atom is 0.409 e. The van der Waals surface area contributed by atoms with Crippen LogP contribution in [0.2, 0.25) is 0 Å². The molecule has 0 radical (unpaired) electrons. The van der Waals surface area contributed by atoms with Crippen molar-refractivity contribution in [2.75, 3.05) is 0 Å². The summed E-state index contributed by atoms with van der Waals surface area (Å²) in [5.74, 6) is -2.05. The van der Waals surface area contributed by atoms with Crippen molar-refractivity contribution in [1.29, 1.82) is 0 Å². The lowest BCUT2D eigenvalue weighted by molar-refractivity contribution is -0.172. The maximum absolute atomic E-state index is 12.8. The average Bonchev–Trinajstić information content (AvgIpc) is 2.59. The van der Waals surface area contributed by atoms with Gasteiger partial charge in [0.15, 0.2) is 0 Å². The first-order valence-corrected chi connectivity index (χ1v) is 5.35. The molecule has 1 heterocycles. The number of benzene rings is 1. The Bertz CT molecular complexity index is 518. The fraction of sp³-hybridized carbons (Fsp3) is 0.250. The van der Waals surface area contributed by atoms with Crippen LogP contribution in [0.25, 0.3) is 0 Å². The van der Waals surface area contributed by atoms with Gasteiger partial charge in [0.1, 0.15) is 12.3 Å². The number of hydrogen-bond donors (Lipinski definition) is 0. The molecule has 1 aromatic carbocycles. The highest BCUT2D eigenvalue weighted by Crippen LogP contribution is 2.33. The van der Waals surface area contributed by atoms with Crippen LogP contribution in [0.5, 0.6) is 0 Å². The van der Waals surface area contributed by atoms with Gasteiger partial charge >= 0.3 is 6.18 Å². The van der Waals surface area contributed by atoms with Crippen molar-refractivity contribution in [2.24, 2.45) is 0 Å². The second kappa shape index (κ2) is 4.49. The Kier molecular flexibility index (Phi) is 3.13. The molecule has 1 aliphatic heterocycles. The van der Waals surface area contributed by atoms with E-state index in [2.05, 4.69) is 0 Å². The number of nitrogens with zero attached hydrogens (tertiary/aromatic N) is 1. The molecule has 1 aliphatic rings. The molecular formula is C12H8F3NO3. The van der Waals surface area contributed by atoms with Gasteiger partial charge in [-0.1, -0.05) is 12.1 Å². The van der Waals surface area contributed by atoms with Gasteiger partial charge in [-0.15, -0.1) is 0 Å². The predicted octanol–water partition coefficient (Wildman–Crippen LogP) is 1.80. The zero-order valence-corrected chi connectivity index (χ0v) is 9.48. The molecule has 0 fully saturated rings. The molecule has 1 aromatic rings. The third-order valence-corrected chi connectivity index (χ3v) is 2.83. The average molecular weight is 271 g/mol. The molecule has 0 bridgehead atoms. The molecule has 0 saturated heterocycles. The number of fused-ring (bicyclic) bond motifs is 1. The predicted molar refractivity (Wildman–Crippen MR) is 57.5 cm³/mol. The van der Waals surface area contributed by atoms with Crippen LogP contribution in [0.15, 0.2) is 24.3 Å². The molecule has 1 atom stereocenters. The fourth-order valence-electron chi connectivity index (χ4n) is 1.97. The molecule has 0 N–H and O–H groups in total. The Labute approximate surface area is 105 Å². The Balaban J connectivity index is 2.45. The zero-order chi connectivity index (χ0) is 14.2. The van der Waals surface area contributed by atoms with E-state index in [0.717, 1.165) is 0 Å². The highest BCUT2D eigenvalue weighted by molar-refractivity contribution is 6.21. The number of hydrogen-bond acceptors (Lipinski definition) is 3. The van der Waals surface area contributed by atoms with Gasteiger partial charge in [-0.25, -0.2) is 0 Å². The molecule has 4 nitrogen and oxygen atoms in total. The quantitative estimate of drug-likeness (QED) is 0.622. The Morgan fingerprint density at radius 1 is 1.11 bits per heavy atom. The van der Waals surface area contributed by atoms with Crippen LogP contribution in [0, 0.1) is 0 Å². The summed E-state index contributed by atoms with van der Waals surface area (Å²) in [4.78, 5) is 34.2. The smallest absolute Gasteiger partial charge is 0.303 e. The van der Waals surface area contributed by atoms with E-state index in [0.29, 0.717) is 0 Å². The molecule has 7 heteroatoms. The minimum absolute atomic E-state index is 0.0434. The molecule has 0 saturated carbocycles. The second-order valence-electron chi connectivity index (χ2n) is 3.99. The first-order chi connectivity index (χ1) is 8.88. The van der Waals surface area contributed by atoms with Gasteiger partial charge in [-0.3, -0.25) is 14.5 Å². The molecule has 19 heavy (non-hydrogen) atoms. The highest BCUT2D eigenvalue weighted by Gasteiger charge is 2.51. The summed E-state index contributed by atoms with van der Waals surface area (Å²) in [5, 5.41) is 0. The molecule has 100 valence electrons. The molecule has 2 rings (SSSR count). The maximum atomic E-state index is 12.8. The van der Waals surface area contributed by atoms with E-state index in [4.69, 9.17) is 0 Å². The van der Waals surface area contributed by atoms with Crippen LogP contribution in [0.1, 0.15) is 27.1 Å². The third kappa shape index (κ3) is 2.11. The third-order valence-electron chi connectivity index (χ3n) is 2.83. The van der Waals surface area contributed by atoms with E-state index in [1.807, 2.05) is 0 Å². The van der Waals surface area contributed by atoms with Crippen molar-refractivity contribution >= 4 is 18.1 Å². The number of imide groups is 1. The number of alkyl halides is 3. The van der Waals surface area contributed by atoms with Gasteiger partial charge < -0.3 is 4.79 Å². The summed E-state index contributed by atoms with van der Waals surface area (Å²) in [7, 11) is 0. The van der Waals surface area contributed by atoms with Gasteiger partial charge in [-0.05, 0) is 12.1 Å². The summed E-state index contributed by atoms with van der Waals surface area (Å²) < 4.78 is 38.5. The van der Waals surface area contributed by atoms with Crippen LogP contribution in [-0.2, 0) is 4.79 Å². The van der Waals surface area contributed by atoms with Crippen LogP contribution in [-0.4, -0.2) is 35.2 Å². The van der Waals surface area contributed by atoms with E-state index in [9.17, 15) is 27.6 Å². The Morgan fingerprint density at radius 3 is 1.95 bits per heavy atom. The van der Waals surface area contributed by atoms with E-state index >= 15 is 0 Å². The lowest BCUT2D eigenvalue weighted by Crippen LogP contribution is -2.48. The van der Waals surface area contributed by atoms with Crippen LogP contribution < -0.4 is 0 Å². The van der Waals surface area contributed by atoms with Crippen molar-refractivity contribution in [1.82, 2.24) is 4.90 Å². The second-order valence-corrected chi connectivity index (χ2v) is 3.99. The molecule has 0 aromatic heterocycles. The van der Waals surface area contributed by atoms with E-state index in [1.165, 1.54) is 24.3 Å². The molecular weight excluding hydrogens is 263 g/mol. The summed E-state index contributed by atoms with van der Waals surface area (Å²) in [6, 6.07) is 3.05. The van der Waals surface area contributed by atoms with Crippen LogP contribution in [0.4, 0.5) is 13.2 Å². The van der Waals surface area contributed by atoms with Crippen molar-refractivity contribution in [3.8, 4) is 0 Å². The summed E-state index contributed by atoms with van der Waals surface area (Å²) in [6.07, 6.45) is -5.76. The van der Waals surface area contributed by atoms with Crippen molar-refractivity contribution < 1.29 is 27.6 Å². The minimum atomic E-state index is -4.84. The Morgan fingerprint density at radius 2 is 1.58 bits per heavy atom. The van der Waals surface area contributed by atoms with Gasteiger partial charge in [0.2, 0.25) is 0 Å². The first kappa shape index (κ1) is 13.3. The molecule has 0 spiro atoms. The van der Waals surface area contributed by atoms with E-state index in [1.54, 1.807) is 0 Å². The topological polar surface area (TPSA) is 54.5 Å². The van der Waals surface area contributed by atoms with E-state index < -0.39 is 30.5 Å². The normalized spacial score (nSPS) is 16.5. The first-order valence-electron chi connectivity index (χ1n) is 5.35. The van der Waals surface area contributed by atoms with Crippen molar-refractivity contribution in [2.45, 2.75) is 18.6 Å². The summed E-state index contributed by atoms with van der Waals surface area (Å²) >= 11 is 0. The standard InChI is InChI=1S/C12H8F3NO3/c13-12(14,15)9(5-6-17)16-10(18)7-3-1-2-4-8(7)11(16)19/h1-4,6,9H,5H2. The lowest BCUT2D eigenvalue weighted by Gasteiger charge is -2.26. The lowest BCUT2D eigenvalue weighted by atomic mass is 10.1. The van der Waals surface area contributed by atoms with Gasteiger partial charge in [0.05, 0.1) is 11.1 Å². The van der Waals surface area contributed by atoms with Crippen LogP contribution >= 0.6 is 0 Å². The van der Waals surface area contributed by atoms with Crippen LogP contribution in [0.3, 0.4) is 0 Å². The summed E-state index contributed by atoms with van der Waals surface area (Å²) in [6.45, 7) is 0. The van der Waals surface area contributed by atoms with Gasteiger partial charge in [0, 0.05) is 6.42 Å². The molecule has 2 amide bonds. The van der Waals surface area contributed by atoms with Gasteiger partial charge in [-0.2, -0.15) is 13.2 Å². The number of aldehydes is 1. The number of rotatable bonds is 3. The molecule has 0 aliphatic carbocycles. The molecule has 1 unspecified atom stereocenters. The number of halogens is 3. The van der Waals surface area contributed by atoms with Crippen molar-refractivity contribution in [3.63, 3.8) is 0 Å². The number of amides is 2. The fourth-order valence-corrected chi connectivity index (χ4v) is 1.97. The zero-order valence-electron chi connectivity index (χ0n) is 9.48. The van der Waals surface area contributed by atoms with Crippen molar-refractivity contribution in [3.05, 3.63) is 35.4 Å².